The Hall–Kier alpha value is -0.760. The second-order valence-corrected chi connectivity index (χ2v) is 7.25. The first-order valence-corrected chi connectivity index (χ1v) is 7.18. The van der Waals surface area contributed by atoms with E-state index in [-0.39, 0.29) is 0 Å². The highest BCUT2D eigenvalue weighted by Gasteiger charge is 2.59. The van der Waals surface area contributed by atoms with Crippen molar-refractivity contribution < 1.29 is 0 Å². The summed E-state index contributed by atoms with van der Waals surface area (Å²) in [6, 6.07) is 4.46. The molecule has 0 aliphatic heterocycles. The largest absolute Gasteiger partial charge is 0.381 e. The van der Waals surface area contributed by atoms with Crippen molar-refractivity contribution in [1.82, 2.24) is 4.98 Å². The van der Waals surface area contributed by atoms with Crippen molar-refractivity contribution in [3.05, 3.63) is 23.5 Å². The molecule has 3 heteroatoms. The molecule has 0 spiro atoms. The van der Waals surface area contributed by atoms with Crippen LogP contribution in [0.1, 0.15) is 40.0 Å². The zero-order valence-electron chi connectivity index (χ0n) is 11.3. The predicted octanol–water partition coefficient (Wildman–Crippen LogP) is 4.36. The van der Waals surface area contributed by atoms with Gasteiger partial charge in [0.15, 0.2) is 0 Å². The van der Waals surface area contributed by atoms with Gasteiger partial charge in [-0.3, -0.25) is 0 Å². The lowest BCUT2D eigenvalue weighted by molar-refractivity contribution is 0.155. The topological polar surface area (TPSA) is 24.9 Å². The fourth-order valence-electron chi connectivity index (χ4n) is 4.32. The lowest BCUT2D eigenvalue weighted by Crippen LogP contribution is -2.45. The molecular formula is C15H21ClN2. The number of halogens is 1. The third-order valence-electron chi connectivity index (χ3n) is 5.31. The van der Waals surface area contributed by atoms with Gasteiger partial charge in [0, 0.05) is 17.9 Å². The average Bonchev–Trinajstić information content (AvgIpc) is 2.76. The second-order valence-electron chi connectivity index (χ2n) is 6.86. The van der Waals surface area contributed by atoms with E-state index in [2.05, 4.69) is 31.1 Å². The number of nitrogens with zero attached hydrogens (tertiary/aromatic N) is 1. The van der Waals surface area contributed by atoms with Crippen LogP contribution in [0.2, 0.25) is 5.15 Å². The first kappa shape index (κ1) is 12.3. The smallest absolute Gasteiger partial charge is 0.131 e. The summed E-state index contributed by atoms with van der Waals surface area (Å²) in [5.74, 6) is 0.859. The zero-order valence-corrected chi connectivity index (χ0v) is 12.1. The summed E-state index contributed by atoms with van der Waals surface area (Å²) in [5.41, 5.74) is 1.90. The summed E-state index contributed by atoms with van der Waals surface area (Å²) < 4.78 is 0. The van der Waals surface area contributed by atoms with Crippen molar-refractivity contribution >= 4 is 17.3 Å². The van der Waals surface area contributed by atoms with Crippen molar-refractivity contribution in [2.45, 2.75) is 46.1 Å². The molecule has 2 aliphatic rings. The van der Waals surface area contributed by atoms with E-state index in [1.807, 2.05) is 12.1 Å². The zero-order chi connectivity index (χ0) is 13.0. The van der Waals surface area contributed by atoms with Crippen LogP contribution >= 0.6 is 11.6 Å². The molecule has 1 aromatic heterocycles. The number of fused-ring (bicyclic) bond motifs is 2. The van der Waals surface area contributed by atoms with Crippen LogP contribution in [0.4, 0.5) is 5.69 Å². The maximum atomic E-state index is 5.96. The minimum atomic E-state index is 0.364. The Morgan fingerprint density at radius 1 is 1.39 bits per heavy atom. The summed E-state index contributed by atoms with van der Waals surface area (Å²) >= 11 is 5.96. The maximum Gasteiger partial charge on any atom is 0.131 e. The normalized spacial score (nSPS) is 36.9. The third-order valence-corrected chi connectivity index (χ3v) is 5.51. The van der Waals surface area contributed by atoms with Crippen molar-refractivity contribution in [3.8, 4) is 0 Å². The molecule has 98 valence electrons. The van der Waals surface area contributed by atoms with E-state index in [0.717, 1.165) is 11.6 Å². The monoisotopic (exact) mass is 264 g/mol. The quantitative estimate of drug-likeness (QED) is 0.803. The molecule has 2 nitrogen and oxygen atoms in total. The molecule has 2 bridgehead atoms. The van der Waals surface area contributed by atoms with Crippen molar-refractivity contribution in [2.24, 2.45) is 16.7 Å². The summed E-state index contributed by atoms with van der Waals surface area (Å²) in [6.45, 7) is 7.24. The van der Waals surface area contributed by atoms with Gasteiger partial charge < -0.3 is 5.32 Å². The van der Waals surface area contributed by atoms with Gasteiger partial charge in [0.25, 0.3) is 0 Å². The lowest BCUT2D eigenvalue weighted by atomic mass is 9.68. The van der Waals surface area contributed by atoms with Crippen molar-refractivity contribution in [3.63, 3.8) is 0 Å². The Bertz CT molecular complexity index is 467. The van der Waals surface area contributed by atoms with Crippen LogP contribution in [0.3, 0.4) is 0 Å². The van der Waals surface area contributed by atoms with Crippen molar-refractivity contribution in [1.29, 1.82) is 0 Å². The molecule has 2 saturated carbocycles. The van der Waals surface area contributed by atoms with Crippen LogP contribution in [0.25, 0.3) is 0 Å². The van der Waals surface area contributed by atoms with Gasteiger partial charge in [0.2, 0.25) is 0 Å². The van der Waals surface area contributed by atoms with Crippen molar-refractivity contribution in [2.75, 3.05) is 5.32 Å². The number of rotatable bonds is 2. The number of hydrogen-bond acceptors (Lipinski definition) is 2. The highest BCUT2D eigenvalue weighted by atomic mass is 35.5. The Morgan fingerprint density at radius 2 is 2.17 bits per heavy atom. The minimum absolute atomic E-state index is 0.364. The molecule has 3 atom stereocenters. The molecule has 0 saturated heterocycles. The molecule has 1 unspecified atom stereocenters. The Morgan fingerprint density at radius 3 is 2.78 bits per heavy atom. The van der Waals surface area contributed by atoms with Gasteiger partial charge >= 0.3 is 0 Å². The van der Waals surface area contributed by atoms with Crippen LogP contribution in [0.5, 0.6) is 0 Å². The van der Waals surface area contributed by atoms with Crippen LogP contribution in [-0.4, -0.2) is 11.0 Å². The molecule has 3 rings (SSSR count). The van der Waals surface area contributed by atoms with Crippen LogP contribution in [-0.2, 0) is 0 Å². The SMILES string of the molecule is CC1(C)C(Nc2ccnc(Cl)c2)[C@]2(C)CC[C@H]1C2. The molecule has 1 heterocycles. The van der Waals surface area contributed by atoms with Gasteiger partial charge in [-0.1, -0.05) is 32.4 Å². The Balaban J connectivity index is 1.88. The fourth-order valence-corrected chi connectivity index (χ4v) is 4.50. The molecule has 0 amide bonds. The van der Waals surface area contributed by atoms with Gasteiger partial charge in [-0.2, -0.15) is 0 Å². The van der Waals surface area contributed by atoms with Crippen LogP contribution in [0, 0.1) is 16.7 Å². The van der Waals surface area contributed by atoms with E-state index in [1.165, 1.54) is 19.3 Å². The molecule has 0 radical (unpaired) electrons. The molecule has 2 aliphatic carbocycles. The van der Waals surface area contributed by atoms with Gasteiger partial charge in [-0.05, 0) is 48.1 Å². The Kier molecular flexibility index (Phi) is 2.64. The third kappa shape index (κ3) is 1.73. The number of nitrogens with one attached hydrogen (secondary N) is 1. The predicted molar refractivity (Wildman–Crippen MR) is 75.9 cm³/mol. The summed E-state index contributed by atoms with van der Waals surface area (Å²) in [7, 11) is 0. The Labute approximate surface area is 114 Å². The molecule has 1 N–H and O–H groups in total. The molecule has 18 heavy (non-hydrogen) atoms. The van der Waals surface area contributed by atoms with Gasteiger partial charge in [-0.25, -0.2) is 4.98 Å². The standard InChI is InChI=1S/C15H21ClN2/c1-14(2)10-4-6-15(3,9-10)13(14)18-11-5-7-17-12(16)8-11/h5,7-8,10,13H,4,6,9H2,1-3H3,(H,17,18)/t10-,13?,15+/m0/s1. The van der Waals surface area contributed by atoms with E-state index in [9.17, 15) is 0 Å². The molecule has 1 aromatic rings. The molecule has 2 fully saturated rings. The highest BCUT2D eigenvalue weighted by Crippen LogP contribution is 2.63. The average molecular weight is 265 g/mol. The molecule has 0 aromatic carbocycles. The lowest BCUT2D eigenvalue weighted by Gasteiger charge is -2.43. The first-order chi connectivity index (χ1) is 8.42. The highest BCUT2D eigenvalue weighted by molar-refractivity contribution is 6.29. The number of hydrogen-bond donors (Lipinski definition) is 1. The first-order valence-electron chi connectivity index (χ1n) is 6.80. The van der Waals surface area contributed by atoms with Crippen LogP contribution in [0.15, 0.2) is 18.3 Å². The van der Waals surface area contributed by atoms with E-state index in [0.29, 0.717) is 22.0 Å². The van der Waals surface area contributed by atoms with E-state index >= 15 is 0 Å². The van der Waals surface area contributed by atoms with E-state index in [1.54, 1.807) is 6.20 Å². The summed E-state index contributed by atoms with van der Waals surface area (Å²) in [6.07, 6.45) is 5.86. The number of anilines is 1. The fraction of sp³-hybridized carbons (Fsp3) is 0.667. The van der Waals surface area contributed by atoms with Crippen LogP contribution < -0.4 is 5.32 Å². The second kappa shape index (κ2) is 3.86. The van der Waals surface area contributed by atoms with E-state index < -0.39 is 0 Å². The van der Waals surface area contributed by atoms with Gasteiger partial charge in [0.05, 0.1) is 0 Å². The summed E-state index contributed by atoms with van der Waals surface area (Å²) in [4.78, 5) is 4.04. The minimum Gasteiger partial charge on any atom is -0.381 e. The van der Waals surface area contributed by atoms with Gasteiger partial charge in [0.1, 0.15) is 5.15 Å². The number of pyridine rings is 1. The number of aromatic nitrogens is 1. The molecular weight excluding hydrogens is 244 g/mol. The van der Waals surface area contributed by atoms with E-state index in [4.69, 9.17) is 11.6 Å². The summed E-state index contributed by atoms with van der Waals surface area (Å²) in [5, 5.41) is 4.28. The van der Waals surface area contributed by atoms with Gasteiger partial charge in [-0.15, -0.1) is 0 Å². The maximum absolute atomic E-state index is 5.96.